The largest absolute Gasteiger partial charge is 0.458 e. The van der Waals surface area contributed by atoms with E-state index >= 15 is 0 Å². The first-order valence-corrected chi connectivity index (χ1v) is 15.5. The third-order valence-corrected chi connectivity index (χ3v) is 8.71. The van der Waals surface area contributed by atoms with Gasteiger partial charge in [-0.2, -0.15) is 0 Å². The molecule has 5 heteroatoms. The molecule has 0 atom stereocenters. The highest BCUT2D eigenvalue weighted by Gasteiger charge is 2.15. The maximum Gasteiger partial charge on any atom is 0.268 e. The highest BCUT2D eigenvalue weighted by atomic mass is 16.5. The SMILES string of the molecule is Cc1cc(C)c(-[n+]2[c-]n(-c3cccc(Oc4ccc5c6ccccc6n(-c6cc(-c7ccccc7)ccn6)c5c4)c3)cc2)cc1C. The molecule has 0 bridgehead atoms. The van der Waals surface area contributed by atoms with Gasteiger partial charge in [0.2, 0.25) is 0 Å². The van der Waals surface area contributed by atoms with Gasteiger partial charge < -0.3 is 4.74 Å². The van der Waals surface area contributed by atoms with Crippen molar-refractivity contribution in [1.82, 2.24) is 14.1 Å². The van der Waals surface area contributed by atoms with Gasteiger partial charge in [0.1, 0.15) is 17.3 Å². The van der Waals surface area contributed by atoms with Crippen LogP contribution in [0, 0.1) is 27.1 Å². The van der Waals surface area contributed by atoms with Crippen molar-refractivity contribution in [2.24, 2.45) is 0 Å². The quantitative estimate of drug-likeness (QED) is 0.142. The number of rotatable bonds is 6. The molecule has 0 saturated heterocycles. The summed E-state index contributed by atoms with van der Waals surface area (Å²) in [6, 6.07) is 41.9. The Morgan fingerprint density at radius 3 is 2.30 bits per heavy atom. The van der Waals surface area contributed by atoms with Crippen LogP contribution in [0.5, 0.6) is 11.5 Å². The lowest BCUT2D eigenvalue weighted by atomic mass is 10.1. The Bertz CT molecular complexity index is 2380. The van der Waals surface area contributed by atoms with Crippen LogP contribution < -0.4 is 9.30 Å². The van der Waals surface area contributed by atoms with Gasteiger partial charge in [0.05, 0.1) is 22.4 Å². The molecule has 0 unspecified atom stereocenters. The smallest absolute Gasteiger partial charge is 0.268 e. The lowest BCUT2D eigenvalue weighted by Crippen LogP contribution is -2.29. The number of benzene rings is 5. The van der Waals surface area contributed by atoms with Gasteiger partial charge in [-0.3, -0.25) is 13.7 Å². The number of ether oxygens (including phenoxy) is 1. The van der Waals surface area contributed by atoms with Crippen molar-refractivity contribution in [2.45, 2.75) is 20.8 Å². The molecule has 46 heavy (non-hydrogen) atoms. The van der Waals surface area contributed by atoms with Crippen molar-refractivity contribution < 1.29 is 9.30 Å². The second-order valence-electron chi connectivity index (χ2n) is 11.8. The topological polar surface area (TPSA) is 35.9 Å². The number of pyridine rings is 1. The summed E-state index contributed by atoms with van der Waals surface area (Å²) in [6.45, 7) is 6.43. The van der Waals surface area contributed by atoms with E-state index in [4.69, 9.17) is 9.72 Å². The molecule has 222 valence electrons. The predicted molar refractivity (Wildman–Crippen MR) is 184 cm³/mol. The number of hydrogen-bond donors (Lipinski definition) is 0. The summed E-state index contributed by atoms with van der Waals surface area (Å²) in [5.74, 6) is 2.37. The van der Waals surface area contributed by atoms with Crippen LogP contribution in [0.15, 0.2) is 140 Å². The van der Waals surface area contributed by atoms with Crippen LogP contribution in [0.4, 0.5) is 0 Å². The molecule has 5 aromatic carbocycles. The Labute approximate surface area is 268 Å². The molecule has 3 heterocycles. The molecule has 0 aliphatic carbocycles. The predicted octanol–water partition coefficient (Wildman–Crippen LogP) is 9.43. The van der Waals surface area contributed by atoms with Crippen LogP contribution in [-0.4, -0.2) is 14.1 Å². The summed E-state index contributed by atoms with van der Waals surface area (Å²) in [5, 5.41) is 2.32. The zero-order valence-corrected chi connectivity index (χ0v) is 26.0. The minimum absolute atomic E-state index is 0.750. The Morgan fingerprint density at radius 2 is 1.41 bits per heavy atom. The van der Waals surface area contributed by atoms with E-state index in [1.54, 1.807) is 0 Å². The first-order chi connectivity index (χ1) is 22.5. The number of imidazole rings is 1. The third-order valence-electron chi connectivity index (χ3n) is 8.71. The fourth-order valence-corrected chi connectivity index (χ4v) is 6.24. The van der Waals surface area contributed by atoms with Crippen LogP contribution in [0.3, 0.4) is 0 Å². The van der Waals surface area contributed by atoms with E-state index in [0.717, 1.165) is 56.2 Å². The number of fused-ring (bicyclic) bond motifs is 3. The van der Waals surface area contributed by atoms with Crippen LogP contribution >= 0.6 is 0 Å². The highest BCUT2D eigenvalue weighted by Crippen LogP contribution is 2.36. The maximum atomic E-state index is 6.50. The molecular weight excluding hydrogens is 564 g/mol. The van der Waals surface area contributed by atoms with Gasteiger partial charge in [-0.25, -0.2) is 4.98 Å². The minimum atomic E-state index is 0.750. The summed E-state index contributed by atoms with van der Waals surface area (Å²) in [5.41, 5.74) is 10.3. The fourth-order valence-electron chi connectivity index (χ4n) is 6.24. The second kappa shape index (κ2) is 11.2. The van der Waals surface area contributed by atoms with Gasteiger partial charge in [0.25, 0.3) is 6.33 Å². The molecule has 0 N–H and O–H groups in total. The van der Waals surface area contributed by atoms with Crippen molar-refractivity contribution in [1.29, 1.82) is 0 Å². The van der Waals surface area contributed by atoms with Crippen LogP contribution in [0.2, 0.25) is 0 Å². The van der Waals surface area contributed by atoms with Gasteiger partial charge in [-0.15, -0.1) is 0 Å². The normalized spacial score (nSPS) is 11.4. The molecular formula is C41H32N4O. The molecule has 0 fully saturated rings. The van der Waals surface area contributed by atoms with E-state index in [1.807, 2.05) is 58.1 Å². The van der Waals surface area contributed by atoms with Crippen molar-refractivity contribution in [3.8, 4) is 39.8 Å². The van der Waals surface area contributed by atoms with Crippen molar-refractivity contribution in [2.75, 3.05) is 0 Å². The molecule has 0 spiro atoms. The summed E-state index contributed by atoms with van der Waals surface area (Å²) in [6.07, 6.45) is 9.42. The molecule has 3 aromatic heterocycles. The second-order valence-corrected chi connectivity index (χ2v) is 11.8. The van der Waals surface area contributed by atoms with Crippen molar-refractivity contribution >= 4 is 21.8 Å². The Balaban J connectivity index is 1.16. The summed E-state index contributed by atoms with van der Waals surface area (Å²) in [4.78, 5) is 4.82. The number of aromatic nitrogens is 4. The Morgan fingerprint density at radius 1 is 0.630 bits per heavy atom. The minimum Gasteiger partial charge on any atom is -0.458 e. The molecule has 0 saturated carbocycles. The number of para-hydroxylation sites is 1. The zero-order chi connectivity index (χ0) is 31.2. The first kappa shape index (κ1) is 27.6. The van der Waals surface area contributed by atoms with Gasteiger partial charge >= 0.3 is 0 Å². The summed E-state index contributed by atoms with van der Waals surface area (Å²) < 4.78 is 12.8. The molecule has 5 nitrogen and oxygen atoms in total. The lowest BCUT2D eigenvalue weighted by molar-refractivity contribution is -0.599. The van der Waals surface area contributed by atoms with Crippen molar-refractivity contribution in [3.63, 3.8) is 0 Å². The summed E-state index contributed by atoms with van der Waals surface area (Å²) in [7, 11) is 0. The van der Waals surface area contributed by atoms with Gasteiger partial charge in [0.15, 0.2) is 0 Å². The first-order valence-electron chi connectivity index (χ1n) is 15.5. The Hall–Kier alpha value is -5.94. The molecule has 0 aliphatic rings. The molecule has 8 rings (SSSR count). The summed E-state index contributed by atoms with van der Waals surface area (Å²) >= 11 is 0. The molecule has 8 aromatic rings. The Kier molecular flexibility index (Phi) is 6.72. The average Bonchev–Trinajstić information content (AvgIpc) is 3.70. The highest BCUT2D eigenvalue weighted by molar-refractivity contribution is 6.09. The van der Waals surface area contributed by atoms with Gasteiger partial charge in [-0.1, -0.05) is 66.2 Å². The van der Waals surface area contributed by atoms with E-state index in [-0.39, 0.29) is 0 Å². The van der Waals surface area contributed by atoms with Crippen LogP contribution in [0.1, 0.15) is 16.7 Å². The van der Waals surface area contributed by atoms with Crippen LogP contribution in [0.25, 0.3) is 50.1 Å². The average molecular weight is 597 g/mol. The fraction of sp³-hybridized carbons (Fsp3) is 0.0732. The van der Waals surface area contributed by atoms with E-state index in [1.165, 1.54) is 22.1 Å². The maximum absolute atomic E-state index is 6.50. The van der Waals surface area contributed by atoms with E-state index in [2.05, 4.69) is 123 Å². The number of hydrogen-bond acceptors (Lipinski definition) is 2. The standard InChI is InChI=1S/C41H32N4O/c1-28-22-30(3)39(23-29(28)2)44-21-20-43(27-44)33-12-9-13-34(25-33)46-35-16-17-37-36-14-7-8-15-38(36)45(40(37)26-35)41-24-32(18-19-42-41)31-10-5-4-6-11-31/h4-26H,1-3H3. The molecule has 0 amide bonds. The van der Waals surface area contributed by atoms with Crippen molar-refractivity contribution in [3.05, 3.63) is 163 Å². The van der Waals surface area contributed by atoms with E-state index in [9.17, 15) is 0 Å². The van der Waals surface area contributed by atoms with Gasteiger partial charge in [-0.05, 0) is 97.6 Å². The van der Waals surface area contributed by atoms with E-state index in [0.29, 0.717) is 0 Å². The lowest BCUT2D eigenvalue weighted by Gasteiger charge is -2.11. The number of aryl methyl sites for hydroxylation is 3. The van der Waals surface area contributed by atoms with Gasteiger partial charge in [0, 0.05) is 35.4 Å². The molecule has 0 aliphatic heterocycles. The third kappa shape index (κ3) is 4.92. The van der Waals surface area contributed by atoms with E-state index < -0.39 is 0 Å². The zero-order valence-electron chi connectivity index (χ0n) is 26.0. The monoisotopic (exact) mass is 596 g/mol. The number of nitrogens with zero attached hydrogens (tertiary/aromatic N) is 4. The molecule has 0 radical (unpaired) electrons. The van der Waals surface area contributed by atoms with Crippen LogP contribution in [-0.2, 0) is 0 Å².